The summed E-state index contributed by atoms with van der Waals surface area (Å²) in [5.74, 6) is -0.423. The van der Waals surface area contributed by atoms with Crippen LogP contribution in [0.5, 0.6) is 0 Å². The minimum atomic E-state index is -1.07. The predicted molar refractivity (Wildman–Crippen MR) is 83.0 cm³/mol. The minimum absolute atomic E-state index is 0.307. The first kappa shape index (κ1) is 16.9. The molecule has 20 heavy (non-hydrogen) atoms. The van der Waals surface area contributed by atoms with Crippen LogP contribution in [-0.2, 0) is 4.79 Å². The molecule has 1 rings (SSSR count). The molecule has 2 amide bonds. The summed E-state index contributed by atoms with van der Waals surface area (Å²) in [5.41, 5.74) is 0.436. The average molecular weight is 337 g/mol. The number of rotatable bonds is 6. The van der Waals surface area contributed by atoms with Gasteiger partial charge in [0.05, 0.1) is 10.0 Å². The number of carbonyl (C=O) groups excluding carboxylic acids is 1. The van der Waals surface area contributed by atoms with E-state index in [9.17, 15) is 9.59 Å². The van der Waals surface area contributed by atoms with Crippen molar-refractivity contribution in [2.75, 3.05) is 17.3 Å². The molecule has 8 heteroatoms. The van der Waals surface area contributed by atoms with Gasteiger partial charge in [-0.2, -0.15) is 11.8 Å². The molecule has 110 valence electrons. The van der Waals surface area contributed by atoms with Crippen LogP contribution in [0.25, 0.3) is 0 Å². The molecule has 0 aliphatic heterocycles. The molecule has 0 aliphatic rings. The summed E-state index contributed by atoms with van der Waals surface area (Å²) in [6.07, 6.45) is 2.22. The molecule has 0 radical (unpaired) electrons. The van der Waals surface area contributed by atoms with Crippen LogP contribution in [-0.4, -0.2) is 35.2 Å². The SMILES string of the molecule is CSCC[C@H](NC(=O)Nc1ccc(Cl)c(Cl)c1)C(=O)O. The number of benzene rings is 1. The first-order valence-electron chi connectivity index (χ1n) is 5.68. The van der Waals surface area contributed by atoms with Gasteiger partial charge >= 0.3 is 12.0 Å². The number of thioether (sulfide) groups is 1. The van der Waals surface area contributed by atoms with Crippen molar-refractivity contribution < 1.29 is 14.7 Å². The normalized spacial score (nSPS) is 11.8. The highest BCUT2D eigenvalue weighted by molar-refractivity contribution is 7.98. The Labute approximate surface area is 131 Å². The third-order valence-corrected chi connectivity index (χ3v) is 3.77. The van der Waals surface area contributed by atoms with E-state index in [-0.39, 0.29) is 0 Å². The molecule has 1 aromatic rings. The van der Waals surface area contributed by atoms with Gasteiger partial charge in [-0.3, -0.25) is 0 Å². The lowest BCUT2D eigenvalue weighted by Crippen LogP contribution is -2.43. The van der Waals surface area contributed by atoms with Crippen LogP contribution in [0, 0.1) is 0 Å². The zero-order chi connectivity index (χ0) is 15.1. The van der Waals surface area contributed by atoms with Crippen molar-refractivity contribution in [1.29, 1.82) is 0 Å². The lowest BCUT2D eigenvalue weighted by molar-refractivity contribution is -0.139. The number of carboxylic acid groups (broad SMARTS) is 1. The lowest BCUT2D eigenvalue weighted by Gasteiger charge is -2.14. The molecule has 1 aromatic carbocycles. The van der Waals surface area contributed by atoms with E-state index in [0.29, 0.717) is 27.9 Å². The van der Waals surface area contributed by atoms with E-state index in [1.807, 2.05) is 6.26 Å². The minimum Gasteiger partial charge on any atom is -0.480 e. The highest BCUT2D eigenvalue weighted by Crippen LogP contribution is 2.24. The topological polar surface area (TPSA) is 78.4 Å². The Morgan fingerprint density at radius 1 is 1.35 bits per heavy atom. The predicted octanol–water partition coefficient (Wildman–Crippen LogP) is 3.32. The number of carboxylic acids is 1. The summed E-state index contributed by atoms with van der Waals surface area (Å²) >= 11 is 13.1. The van der Waals surface area contributed by atoms with Crippen LogP contribution in [0.15, 0.2) is 18.2 Å². The van der Waals surface area contributed by atoms with Gasteiger partial charge in [-0.25, -0.2) is 9.59 Å². The maximum atomic E-state index is 11.7. The van der Waals surface area contributed by atoms with Crippen LogP contribution in [0.1, 0.15) is 6.42 Å². The van der Waals surface area contributed by atoms with Gasteiger partial charge in [0.2, 0.25) is 0 Å². The van der Waals surface area contributed by atoms with E-state index in [1.54, 1.807) is 12.1 Å². The van der Waals surface area contributed by atoms with Crippen molar-refractivity contribution in [3.63, 3.8) is 0 Å². The lowest BCUT2D eigenvalue weighted by atomic mass is 10.2. The molecule has 0 aromatic heterocycles. The largest absolute Gasteiger partial charge is 0.480 e. The van der Waals surface area contributed by atoms with Crippen molar-refractivity contribution in [1.82, 2.24) is 5.32 Å². The fraction of sp³-hybridized carbons (Fsp3) is 0.333. The number of hydrogen-bond acceptors (Lipinski definition) is 3. The Balaban J connectivity index is 2.60. The summed E-state index contributed by atoms with van der Waals surface area (Å²) < 4.78 is 0. The smallest absolute Gasteiger partial charge is 0.326 e. The molecule has 1 atom stereocenters. The average Bonchev–Trinajstić information content (AvgIpc) is 2.38. The molecule has 0 fully saturated rings. The van der Waals surface area contributed by atoms with E-state index < -0.39 is 18.0 Å². The molecular formula is C12H14Cl2N2O3S. The van der Waals surface area contributed by atoms with Crippen LogP contribution in [0.4, 0.5) is 10.5 Å². The van der Waals surface area contributed by atoms with Gasteiger partial charge in [-0.1, -0.05) is 23.2 Å². The summed E-state index contributed by atoms with van der Waals surface area (Å²) in [4.78, 5) is 22.7. The van der Waals surface area contributed by atoms with Gasteiger partial charge < -0.3 is 15.7 Å². The molecule has 0 bridgehead atoms. The Morgan fingerprint density at radius 2 is 2.05 bits per heavy atom. The second-order valence-corrected chi connectivity index (χ2v) is 5.70. The zero-order valence-corrected chi connectivity index (χ0v) is 13.0. The number of anilines is 1. The van der Waals surface area contributed by atoms with Crippen LogP contribution >= 0.6 is 35.0 Å². The van der Waals surface area contributed by atoms with Gasteiger partial charge in [0.25, 0.3) is 0 Å². The van der Waals surface area contributed by atoms with E-state index in [2.05, 4.69) is 10.6 Å². The number of hydrogen-bond donors (Lipinski definition) is 3. The molecule has 0 saturated heterocycles. The van der Waals surface area contributed by atoms with Gasteiger partial charge in [0.1, 0.15) is 6.04 Å². The molecular weight excluding hydrogens is 323 g/mol. The highest BCUT2D eigenvalue weighted by Gasteiger charge is 2.19. The monoisotopic (exact) mass is 336 g/mol. The van der Waals surface area contributed by atoms with Gasteiger partial charge in [-0.15, -0.1) is 0 Å². The molecule has 5 nitrogen and oxygen atoms in total. The Morgan fingerprint density at radius 3 is 2.60 bits per heavy atom. The molecule has 0 unspecified atom stereocenters. The maximum absolute atomic E-state index is 11.7. The van der Waals surface area contributed by atoms with Crippen molar-refractivity contribution in [2.45, 2.75) is 12.5 Å². The van der Waals surface area contributed by atoms with Crippen molar-refractivity contribution >= 4 is 52.7 Å². The van der Waals surface area contributed by atoms with E-state index in [0.717, 1.165) is 0 Å². The summed E-state index contributed by atoms with van der Waals surface area (Å²) in [6, 6.07) is 3.08. The maximum Gasteiger partial charge on any atom is 0.326 e. The van der Waals surface area contributed by atoms with E-state index in [1.165, 1.54) is 17.8 Å². The quantitative estimate of drug-likeness (QED) is 0.744. The zero-order valence-electron chi connectivity index (χ0n) is 10.7. The fourth-order valence-electron chi connectivity index (χ4n) is 1.39. The van der Waals surface area contributed by atoms with Gasteiger partial charge in [-0.05, 0) is 36.6 Å². The van der Waals surface area contributed by atoms with Gasteiger partial charge in [0.15, 0.2) is 0 Å². The third kappa shape index (κ3) is 5.48. The summed E-state index contributed by atoms with van der Waals surface area (Å²) in [7, 11) is 0. The standard InChI is InChI=1S/C12H14Cl2N2O3S/c1-20-5-4-10(11(17)18)16-12(19)15-7-2-3-8(13)9(14)6-7/h2-3,6,10H,4-5H2,1H3,(H,17,18)(H2,15,16,19)/t10-/m0/s1. The second-order valence-electron chi connectivity index (χ2n) is 3.90. The summed E-state index contributed by atoms with van der Waals surface area (Å²) in [6.45, 7) is 0. The van der Waals surface area contributed by atoms with Crippen LogP contribution in [0.3, 0.4) is 0 Å². The first-order valence-corrected chi connectivity index (χ1v) is 7.83. The van der Waals surface area contributed by atoms with Crippen molar-refractivity contribution in [2.24, 2.45) is 0 Å². The number of aliphatic carboxylic acids is 1. The number of nitrogens with one attached hydrogen (secondary N) is 2. The molecule has 0 saturated carbocycles. The van der Waals surface area contributed by atoms with E-state index in [4.69, 9.17) is 28.3 Å². The number of amides is 2. The van der Waals surface area contributed by atoms with Crippen LogP contribution < -0.4 is 10.6 Å². The molecule has 0 spiro atoms. The fourth-order valence-corrected chi connectivity index (χ4v) is 2.16. The number of carbonyl (C=O) groups is 2. The molecule has 3 N–H and O–H groups in total. The number of halogens is 2. The highest BCUT2D eigenvalue weighted by atomic mass is 35.5. The third-order valence-electron chi connectivity index (χ3n) is 2.39. The Hall–Kier alpha value is -1.11. The van der Waals surface area contributed by atoms with Crippen LogP contribution in [0.2, 0.25) is 10.0 Å². The number of urea groups is 1. The molecule has 0 aliphatic carbocycles. The second kappa shape index (κ2) is 8.24. The van der Waals surface area contributed by atoms with E-state index >= 15 is 0 Å². The van der Waals surface area contributed by atoms with Crippen molar-refractivity contribution in [3.05, 3.63) is 28.2 Å². The van der Waals surface area contributed by atoms with Gasteiger partial charge in [0, 0.05) is 5.69 Å². The summed E-state index contributed by atoms with van der Waals surface area (Å²) in [5, 5.41) is 14.6. The van der Waals surface area contributed by atoms with Crippen molar-refractivity contribution in [3.8, 4) is 0 Å². The molecule has 0 heterocycles. The Bertz CT molecular complexity index is 500. The first-order chi connectivity index (χ1) is 9.43. The Kier molecular flexibility index (Phi) is 6.98.